The van der Waals surface area contributed by atoms with Crippen LogP contribution in [0.3, 0.4) is 0 Å². The second kappa shape index (κ2) is 34.1. The van der Waals surface area contributed by atoms with Crippen LogP contribution in [-0.2, 0) is 0 Å². The summed E-state index contributed by atoms with van der Waals surface area (Å²) in [6.07, 6.45) is 15.1. The zero-order valence-electron chi connectivity index (χ0n) is 73.5. The lowest BCUT2D eigenvalue weighted by Gasteiger charge is -2.14. The first-order valence-electron chi connectivity index (χ1n) is 45.7. The molecule has 0 radical (unpaired) electrons. The fourth-order valence-electron chi connectivity index (χ4n) is 20.0. The van der Waals surface area contributed by atoms with Gasteiger partial charge in [0.15, 0.2) is 0 Å². The average Bonchev–Trinajstić information content (AvgIpc) is 1.56. The molecular formula is C124H81N9O3. The Balaban J connectivity index is 0.000000109. The van der Waals surface area contributed by atoms with E-state index in [-0.39, 0.29) is 0 Å². The molecular weight excluding hydrogens is 1660 g/mol. The predicted octanol–water partition coefficient (Wildman–Crippen LogP) is 32.4. The zero-order valence-corrected chi connectivity index (χ0v) is 73.5. The average molecular weight is 1750 g/mol. The molecule has 0 N–H and O–H groups in total. The van der Waals surface area contributed by atoms with Crippen molar-refractivity contribution in [3.8, 4) is 141 Å². The van der Waals surface area contributed by atoms with Crippen LogP contribution in [0.1, 0.15) is 0 Å². The topological polar surface area (TPSA) is 116 Å². The van der Waals surface area contributed by atoms with Gasteiger partial charge >= 0.3 is 0 Å². The van der Waals surface area contributed by atoms with Crippen molar-refractivity contribution in [2.24, 2.45) is 0 Å². The minimum atomic E-state index is 0.880. The van der Waals surface area contributed by atoms with Crippen LogP contribution in [0, 0.1) is 0 Å². The van der Waals surface area contributed by atoms with Crippen molar-refractivity contribution in [2.75, 3.05) is 0 Å². The van der Waals surface area contributed by atoms with Crippen LogP contribution >= 0.6 is 0 Å². The lowest BCUT2D eigenvalue weighted by Crippen LogP contribution is -1.98. The molecule has 0 bridgehead atoms. The van der Waals surface area contributed by atoms with Crippen molar-refractivity contribution in [2.45, 2.75) is 0 Å². The van der Waals surface area contributed by atoms with Crippen LogP contribution in [0.25, 0.3) is 239 Å². The summed E-state index contributed by atoms with van der Waals surface area (Å²) >= 11 is 0. The molecule has 10 aromatic heterocycles. The van der Waals surface area contributed by atoms with Crippen LogP contribution in [0.15, 0.2) is 506 Å². The Hall–Kier alpha value is -18.5. The van der Waals surface area contributed by atoms with Crippen molar-refractivity contribution in [3.05, 3.63) is 492 Å². The molecule has 0 aliphatic heterocycles. The molecule has 0 saturated carbocycles. The van der Waals surface area contributed by atoms with Crippen molar-refractivity contribution in [3.63, 3.8) is 0 Å². The van der Waals surface area contributed by atoms with Gasteiger partial charge in [0, 0.05) is 155 Å². The van der Waals surface area contributed by atoms with Gasteiger partial charge in [0.25, 0.3) is 0 Å². The standard InChI is InChI=1S/C42H27N3O.2C41H27N3O/c1-3-9-30(10-4-1)39-36-15-16-38-40(42(36)46-41(39)31-11-5-2-6-12-31)35-13-7-8-14-37(35)45(38)34-26-32(28-17-21-43-22-18-28)25-33(27-34)29-19-23-44-24-20-29;1-4-12-28(13-5-1)37-34-24-25-36-38(40(34)45-39(37)29-14-6-2-7-15-29)33-18-10-11-19-35(33)44(36)32-22-20-30(21-23-32)41-42-26-27-43(41)31-16-8-3-9-17-31;1-4-12-28(13-5-1)37-34-24-25-36-38(40(34)45-39(37)29-14-6-2-7-15-29)33-18-10-11-19-35(33)44(36)32-22-20-31(21-23-32)43-27-26-42-41(43)30-16-8-3-9-17-30/h1-27H;2*1-27H. The fourth-order valence-corrected chi connectivity index (χ4v) is 20.0. The number of hydrogen-bond donors (Lipinski definition) is 0. The summed E-state index contributed by atoms with van der Waals surface area (Å²) in [6, 6.07) is 155. The third-order valence-corrected chi connectivity index (χ3v) is 26.1. The van der Waals surface area contributed by atoms with E-state index in [4.69, 9.17) is 18.2 Å². The first kappa shape index (κ1) is 79.6. The Morgan fingerprint density at radius 2 is 0.456 bits per heavy atom. The molecule has 12 heteroatoms. The molecule has 0 atom stereocenters. The van der Waals surface area contributed by atoms with E-state index < -0.39 is 0 Å². The van der Waals surface area contributed by atoms with Gasteiger partial charge in [-0.05, 0) is 197 Å². The lowest BCUT2D eigenvalue weighted by atomic mass is 9.97. The number of para-hydroxylation sites is 4. The molecule has 0 saturated heterocycles. The minimum absolute atomic E-state index is 0.880. The molecule has 640 valence electrons. The molecule has 27 rings (SSSR count). The second-order valence-corrected chi connectivity index (χ2v) is 33.9. The maximum atomic E-state index is 6.97. The van der Waals surface area contributed by atoms with E-state index in [1.807, 2.05) is 104 Å². The van der Waals surface area contributed by atoms with Crippen molar-refractivity contribution in [1.82, 2.24) is 42.8 Å². The molecule has 17 aromatic carbocycles. The molecule has 12 nitrogen and oxygen atoms in total. The largest absolute Gasteiger partial charge is 0.455 e. The molecule has 0 aliphatic rings. The highest BCUT2D eigenvalue weighted by Crippen LogP contribution is 2.51. The van der Waals surface area contributed by atoms with E-state index in [2.05, 4.69) is 426 Å². The molecule has 0 spiro atoms. The Morgan fingerprint density at radius 1 is 0.176 bits per heavy atom. The van der Waals surface area contributed by atoms with Gasteiger partial charge in [-0.1, -0.05) is 285 Å². The van der Waals surface area contributed by atoms with Crippen molar-refractivity contribution in [1.29, 1.82) is 0 Å². The molecule has 136 heavy (non-hydrogen) atoms. The normalized spacial score (nSPS) is 11.5. The minimum Gasteiger partial charge on any atom is -0.455 e. The molecule has 0 amide bonds. The third-order valence-electron chi connectivity index (χ3n) is 26.1. The summed E-state index contributed by atoms with van der Waals surface area (Å²) in [4.78, 5) is 17.9. The van der Waals surface area contributed by atoms with Gasteiger partial charge in [-0.3, -0.25) is 19.1 Å². The Bertz CT molecular complexity index is 8670. The van der Waals surface area contributed by atoms with E-state index in [1.54, 1.807) is 0 Å². The molecule has 10 heterocycles. The number of pyridine rings is 2. The van der Waals surface area contributed by atoms with Gasteiger partial charge in [-0.2, -0.15) is 0 Å². The second-order valence-electron chi connectivity index (χ2n) is 33.9. The number of benzene rings is 17. The number of furan rings is 3. The van der Waals surface area contributed by atoms with E-state index in [1.165, 1.54) is 0 Å². The molecule has 0 aliphatic carbocycles. The number of rotatable bonds is 15. The monoisotopic (exact) mass is 1740 g/mol. The van der Waals surface area contributed by atoms with Crippen LogP contribution < -0.4 is 0 Å². The smallest absolute Gasteiger partial charge is 0.145 e. The Labute approximate surface area is 782 Å². The first-order chi connectivity index (χ1) is 67.5. The third kappa shape index (κ3) is 13.9. The number of nitrogens with zero attached hydrogens (tertiary/aromatic N) is 9. The summed E-state index contributed by atoms with van der Waals surface area (Å²) in [7, 11) is 0. The van der Waals surface area contributed by atoms with E-state index in [0.717, 1.165) is 239 Å². The molecule has 0 fully saturated rings. The van der Waals surface area contributed by atoms with E-state index >= 15 is 0 Å². The quantitative estimate of drug-likeness (QED) is 0.100. The van der Waals surface area contributed by atoms with Gasteiger partial charge in [0.05, 0.1) is 49.3 Å². The fraction of sp³-hybridized carbons (Fsp3) is 0. The van der Waals surface area contributed by atoms with Crippen LogP contribution in [0.2, 0.25) is 0 Å². The summed E-state index contributed by atoms with van der Waals surface area (Å²) in [5, 5.41) is 10.1. The summed E-state index contributed by atoms with van der Waals surface area (Å²) in [5.41, 5.74) is 31.4. The number of hydrogen-bond acceptors (Lipinski definition) is 7. The van der Waals surface area contributed by atoms with E-state index in [9.17, 15) is 0 Å². The number of fused-ring (bicyclic) bond motifs is 15. The number of aromatic nitrogens is 9. The molecule has 0 unspecified atom stereocenters. The van der Waals surface area contributed by atoms with Crippen molar-refractivity contribution >= 4 is 98.3 Å². The lowest BCUT2D eigenvalue weighted by molar-refractivity contribution is 0.635. The summed E-state index contributed by atoms with van der Waals surface area (Å²) < 4.78 is 32.1. The first-order valence-corrected chi connectivity index (χ1v) is 45.7. The SMILES string of the molecule is c1ccc(-c2oc3c(ccc4c3c3ccccc3n4-c3cc(-c4ccncc4)cc(-c4ccncc4)c3)c2-c2ccccc2)cc1.c1ccc(-c2oc3c(ccc4c3c3ccccc3n4-c3ccc(-c4nccn4-c4ccccc4)cc3)c2-c2ccccc2)cc1.c1ccc(-c2oc3c(ccc4c3c3ccccc3n4-c3ccc(-n4ccnc4-c4ccccc4)cc3)c2-c2ccccc2)cc1. The number of imidazole rings is 2. The highest BCUT2D eigenvalue weighted by molar-refractivity contribution is 6.26. The maximum Gasteiger partial charge on any atom is 0.145 e. The summed E-state index contributed by atoms with van der Waals surface area (Å²) in [6.45, 7) is 0. The van der Waals surface area contributed by atoms with Crippen LogP contribution in [-0.4, -0.2) is 42.8 Å². The highest BCUT2D eigenvalue weighted by Gasteiger charge is 2.29. The molecule has 27 aromatic rings. The Morgan fingerprint density at radius 3 is 0.809 bits per heavy atom. The Kier molecular flexibility index (Phi) is 20.0. The zero-order chi connectivity index (χ0) is 89.9. The van der Waals surface area contributed by atoms with Gasteiger partial charge in [0.1, 0.15) is 45.7 Å². The van der Waals surface area contributed by atoms with Gasteiger partial charge in [-0.25, -0.2) is 9.97 Å². The maximum absolute atomic E-state index is 6.97. The van der Waals surface area contributed by atoms with Gasteiger partial charge < -0.3 is 27.0 Å². The van der Waals surface area contributed by atoms with Crippen LogP contribution in [0.5, 0.6) is 0 Å². The van der Waals surface area contributed by atoms with Crippen molar-refractivity contribution < 1.29 is 13.3 Å². The van der Waals surface area contributed by atoms with E-state index in [0.29, 0.717) is 0 Å². The van der Waals surface area contributed by atoms with Gasteiger partial charge in [-0.15, -0.1) is 0 Å². The predicted molar refractivity (Wildman–Crippen MR) is 556 cm³/mol. The van der Waals surface area contributed by atoms with Gasteiger partial charge in [0.2, 0.25) is 0 Å². The van der Waals surface area contributed by atoms with Crippen LogP contribution in [0.4, 0.5) is 0 Å². The summed E-state index contributed by atoms with van der Waals surface area (Å²) in [5.74, 6) is 4.49. The highest BCUT2D eigenvalue weighted by atomic mass is 16.3.